The molecule has 0 atom stereocenters. The van der Waals surface area contributed by atoms with Gasteiger partial charge in [0.25, 0.3) is 0 Å². The molecule has 3 aromatic rings. The molecule has 1 aliphatic heterocycles. The van der Waals surface area contributed by atoms with Gasteiger partial charge in [0.05, 0.1) is 22.8 Å². The molecule has 4 heteroatoms. The number of nitrogens with zero attached hydrogens (tertiary/aromatic N) is 2. The number of anilines is 2. The summed E-state index contributed by atoms with van der Waals surface area (Å²) in [7, 11) is 0. The van der Waals surface area contributed by atoms with E-state index in [0.29, 0.717) is 6.54 Å². The van der Waals surface area contributed by atoms with Crippen molar-refractivity contribution in [3.05, 3.63) is 90.0 Å². The van der Waals surface area contributed by atoms with Gasteiger partial charge < -0.3 is 10.6 Å². The maximum atomic E-state index is 5.79. The molecule has 4 rings (SSSR count). The van der Waals surface area contributed by atoms with Gasteiger partial charge >= 0.3 is 0 Å². The van der Waals surface area contributed by atoms with E-state index in [-0.39, 0.29) is 12.4 Å². The molecule has 0 amide bonds. The molecule has 0 saturated heterocycles. The van der Waals surface area contributed by atoms with Gasteiger partial charge in [0.2, 0.25) is 0 Å². The molecule has 0 radical (unpaired) electrons. The number of hydrogen-bond acceptors (Lipinski definition) is 3. The van der Waals surface area contributed by atoms with Crippen LogP contribution in [0.3, 0.4) is 0 Å². The van der Waals surface area contributed by atoms with Gasteiger partial charge in [-0.2, -0.15) is 0 Å². The van der Waals surface area contributed by atoms with Gasteiger partial charge in [0, 0.05) is 17.7 Å². The van der Waals surface area contributed by atoms with Crippen molar-refractivity contribution < 1.29 is 0 Å². The average Bonchev–Trinajstić information content (AvgIpc) is 2.82. The Morgan fingerprint density at radius 2 is 1.42 bits per heavy atom. The van der Waals surface area contributed by atoms with Crippen molar-refractivity contribution in [2.45, 2.75) is 6.42 Å². The second-order valence-electron chi connectivity index (χ2n) is 6.13. The third kappa shape index (κ3) is 3.36. The van der Waals surface area contributed by atoms with Gasteiger partial charge in [-0.05, 0) is 31.2 Å². The lowest BCUT2D eigenvalue weighted by Gasteiger charge is -2.26. The van der Waals surface area contributed by atoms with Crippen LogP contribution in [0.25, 0.3) is 0 Å². The number of aliphatic imine (C=N–C) groups is 1. The number of halogens is 1. The van der Waals surface area contributed by atoms with E-state index in [1.165, 1.54) is 5.69 Å². The number of nitrogens with two attached hydrogens (primary N) is 1. The van der Waals surface area contributed by atoms with Gasteiger partial charge in [0.15, 0.2) is 0 Å². The van der Waals surface area contributed by atoms with Gasteiger partial charge in [-0.1, -0.05) is 60.7 Å². The highest BCUT2D eigenvalue weighted by Gasteiger charge is 2.22. The predicted octanol–water partition coefficient (Wildman–Crippen LogP) is 5.08. The Kier molecular flexibility index (Phi) is 5.71. The van der Waals surface area contributed by atoms with E-state index >= 15 is 0 Å². The fourth-order valence-corrected chi connectivity index (χ4v) is 3.31. The van der Waals surface area contributed by atoms with Crippen LogP contribution in [0.1, 0.15) is 17.5 Å². The first-order valence-corrected chi connectivity index (χ1v) is 8.68. The van der Waals surface area contributed by atoms with Crippen LogP contribution in [0.15, 0.2) is 83.9 Å². The van der Waals surface area contributed by atoms with Crippen LogP contribution in [0.2, 0.25) is 0 Å². The molecular weight excluding hydrogens is 342 g/mol. The average molecular weight is 364 g/mol. The minimum atomic E-state index is 0. The summed E-state index contributed by atoms with van der Waals surface area (Å²) >= 11 is 0. The highest BCUT2D eigenvalue weighted by molar-refractivity contribution is 6.18. The van der Waals surface area contributed by atoms with Gasteiger partial charge in [-0.15, -0.1) is 12.4 Å². The number of hydrogen-bond donors (Lipinski definition) is 1. The van der Waals surface area contributed by atoms with E-state index in [0.717, 1.165) is 41.2 Å². The van der Waals surface area contributed by atoms with Crippen LogP contribution < -0.4 is 10.6 Å². The molecule has 0 saturated carbocycles. The van der Waals surface area contributed by atoms with Crippen LogP contribution in [0.5, 0.6) is 0 Å². The minimum Gasteiger partial charge on any atom is -0.339 e. The van der Waals surface area contributed by atoms with E-state index in [4.69, 9.17) is 10.7 Å². The number of fused-ring (bicyclic) bond motifs is 2. The Hall–Kier alpha value is -2.62. The van der Waals surface area contributed by atoms with Crippen LogP contribution in [-0.2, 0) is 0 Å². The summed E-state index contributed by atoms with van der Waals surface area (Å²) in [5.74, 6) is 0. The van der Waals surface area contributed by atoms with Crippen LogP contribution in [0, 0.1) is 0 Å². The number of benzene rings is 3. The Morgan fingerprint density at radius 1 is 0.769 bits per heavy atom. The van der Waals surface area contributed by atoms with Crippen molar-refractivity contribution in [2.75, 3.05) is 18.0 Å². The molecule has 2 N–H and O–H groups in total. The monoisotopic (exact) mass is 363 g/mol. The van der Waals surface area contributed by atoms with E-state index < -0.39 is 0 Å². The Labute approximate surface area is 160 Å². The quantitative estimate of drug-likeness (QED) is 0.702. The molecule has 3 aromatic carbocycles. The first-order chi connectivity index (χ1) is 12.4. The second-order valence-corrected chi connectivity index (χ2v) is 6.13. The van der Waals surface area contributed by atoms with E-state index in [1.54, 1.807) is 0 Å². The first-order valence-electron chi connectivity index (χ1n) is 8.68. The van der Waals surface area contributed by atoms with Crippen LogP contribution in [-0.4, -0.2) is 18.8 Å². The standard InChI is InChI=1S/C22H21N3.ClH/c23-15-8-16-25-20-13-6-4-11-18(20)22(17-9-2-1-3-10-17)24-19-12-5-7-14-21(19)25;/h1-7,9-14H,8,15-16,23H2;1H. The van der Waals surface area contributed by atoms with E-state index in [9.17, 15) is 0 Å². The molecule has 1 aliphatic rings. The molecule has 0 aromatic heterocycles. The lowest BCUT2D eigenvalue weighted by atomic mass is 10.00. The van der Waals surface area contributed by atoms with Crippen molar-refractivity contribution in [3.8, 4) is 0 Å². The van der Waals surface area contributed by atoms with Crippen molar-refractivity contribution in [3.63, 3.8) is 0 Å². The SMILES string of the molecule is Cl.NCCCN1c2ccccc2N=C(c2ccccc2)c2ccccc21. The largest absolute Gasteiger partial charge is 0.339 e. The molecule has 0 unspecified atom stereocenters. The zero-order chi connectivity index (χ0) is 17.1. The summed E-state index contributed by atoms with van der Waals surface area (Å²) in [4.78, 5) is 7.40. The Balaban J connectivity index is 0.00000196. The summed E-state index contributed by atoms with van der Waals surface area (Å²) in [5, 5.41) is 0. The van der Waals surface area contributed by atoms with Crippen molar-refractivity contribution in [2.24, 2.45) is 10.7 Å². The predicted molar refractivity (Wildman–Crippen MR) is 113 cm³/mol. The molecule has 0 aliphatic carbocycles. The maximum Gasteiger partial charge on any atom is 0.0874 e. The van der Waals surface area contributed by atoms with E-state index in [1.807, 2.05) is 12.1 Å². The second kappa shape index (κ2) is 8.17. The lowest BCUT2D eigenvalue weighted by Crippen LogP contribution is -2.22. The highest BCUT2D eigenvalue weighted by atomic mass is 35.5. The number of para-hydroxylation sites is 3. The summed E-state index contributed by atoms with van der Waals surface area (Å²) < 4.78 is 0. The zero-order valence-corrected chi connectivity index (χ0v) is 15.3. The molecule has 26 heavy (non-hydrogen) atoms. The zero-order valence-electron chi connectivity index (χ0n) is 14.5. The van der Waals surface area contributed by atoms with Gasteiger partial charge in [-0.3, -0.25) is 0 Å². The van der Waals surface area contributed by atoms with Gasteiger partial charge in [-0.25, -0.2) is 4.99 Å². The van der Waals surface area contributed by atoms with Crippen molar-refractivity contribution in [1.82, 2.24) is 0 Å². The molecular formula is C22H22ClN3. The third-order valence-corrected chi connectivity index (χ3v) is 4.49. The lowest BCUT2D eigenvalue weighted by molar-refractivity contribution is 0.818. The minimum absolute atomic E-state index is 0. The maximum absolute atomic E-state index is 5.79. The highest BCUT2D eigenvalue weighted by Crippen LogP contribution is 2.40. The first kappa shape index (κ1) is 18.2. The summed E-state index contributed by atoms with van der Waals surface area (Å²) in [6.45, 7) is 1.55. The Morgan fingerprint density at radius 3 is 2.19 bits per heavy atom. The Bertz CT molecular complexity index is 906. The summed E-state index contributed by atoms with van der Waals surface area (Å²) in [6, 6.07) is 27.2. The third-order valence-electron chi connectivity index (χ3n) is 4.49. The van der Waals surface area contributed by atoms with Crippen LogP contribution >= 0.6 is 12.4 Å². The smallest absolute Gasteiger partial charge is 0.0874 e. The van der Waals surface area contributed by atoms with Crippen LogP contribution in [0.4, 0.5) is 17.1 Å². The number of rotatable bonds is 4. The summed E-state index contributed by atoms with van der Waals surface area (Å²) in [5.41, 5.74) is 12.4. The van der Waals surface area contributed by atoms with Crippen molar-refractivity contribution >= 4 is 35.2 Å². The molecule has 0 bridgehead atoms. The fraction of sp³-hybridized carbons (Fsp3) is 0.136. The van der Waals surface area contributed by atoms with Crippen molar-refractivity contribution in [1.29, 1.82) is 0 Å². The van der Waals surface area contributed by atoms with Gasteiger partial charge in [0.1, 0.15) is 0 Å². The molecule has 0 fully saturated rings. The van der Waals surface area contributed by atoms with E-state index in [2.05, 4.69) is 71.6 Å². The fourth-order valence-electron chi connectivity index (χ4n) is 3.31. The normalized spacial score (nSPS) is 12.3. The topological polar surface area (TPSA) is 41.6 Å². The molecule has 1 heterocycles. The molecule has 3 nitrogen and oxygen atoms in total. The molecule has 132 valence electrons. The summed E-state index contributed by atoms with van der Waals surface area (Å²) in [6.07, 6.45) is 0.934. The molecule has 0 spiro atoms.